The summed E-state index contributed by atoms with van der Waals surface area (Å²) in [5.41, 5.74) is 12.8. The summed E-state index contributed by atoms with van der Waals surface area (Å²) in [6.45, 7) is 17.3. The third kappa shape index (κ3) is 18.1. The number of esters is 1. The summed E-state index contributed by atoms with van der Waals surface area (Å²) in [4.78, 5) is 50.4. The minimum Gasteiger partial charge on any atom is -0.460 e. The zero-order valence-corrected chi connectivity index (χ0v) is 29.3. The van der Waals surface area contributed by atoms with E-state index in [2.05, 4.69) is 36.7 Å². The van der Waals surface area contributed by atoms with Gasteiger partial charge in [-0.05, 0) is 90.2 Å². The fourth-order valence-electron chi connectivity index (χ4n) is 4.52. The molecule has 0 aromatic heterocycles. The van der Waals surface area contributed by atoms with Gasteiger partial charge in [0, 0.05) is 25.4 Å². The van der Waals surface area contributed by atoms with Crippen molar-refractivity contribution in [3.05, 3.63) is 35.4 Å². The van der Waals surface area contributed by atoms with Crippen molar-refractivity contribution in [2.45, 2.75) is 148 Å². The van der Waals surface area contributed by atoms with Gasteiger partial charge in [0.2, 0.25) is 11.8 Å². The molecule has 1 aromatic rings. The number of carbonyl (C=O) groups is 4. The average molecular weight is 650 g/mol. The summed E-state index contributed by atoms with van der Waals surface area (Å²) in [6, 6.07) is 5.60. The number of aliphatic hydroxyl groups is 1. The third-order valence-electron chi connectivity index (χ3n) is 6.88. The van der Waals surface area contributed by atoms with Gasteiger partial charge in [-0.15, -0.1) is 0 Å². The monoisotopic (exact) mass is 649 g/mol. The minimum atomic E-state index is -1.32. The Morgan fingerprint density at radius 1 is 0.826 bits per heavy atom. The van der Waals surface area contributed by atoms with E-state index < -0.39 is 59.4 Å². The number of nitrogens with one attached hydrogen (secondary N) is 3. The molecule has 12 nitrogen and oxygen atoms in total. The van der Waals surface area contributed by atoms with E-state index in [1.807, 2.05) is 24.3 Å². The van der Waals surface area contributed by atoms with E-state index in [4.69, 9.17) is 20.9 Å². The molecule has 0 radical (unpaired) electrons. The van der Waals surface area contributed by atoms with Crippen LogP contribution in [0.15, 0.2) is 24.3 Å². The van der Waals surface area contributed by atoms with Crippen molar-refractivity contribution in [3.8, 4) is 0 Å². The number of rotatable bonds is 16. The fraction of sp³-hybridized carbons (Fsp3) is 0.706. The molecule has 0 saturated heterocycles. The zero-order valence-electron chi connectivity index (χ0n) is 29.3. The van der Waals surface area contributed by atoms with Crippen LogP contribution in [0.25, 0.3) is 0 Å². The molecular weight excluding hydrogens is 590 g/mol. The van der Waals surface area contributed by atoms with Gasteiger partial charge in [-0.2, -0.15) is 0 Å². The van der Waals surface area contributed by atoms with Crippen LogP contribution in [-0.2, 0) is 35.7 Å². The smallest absolute Gasteiger partial charge is 0.407 e. The molecule has 1 unspecified atom stereocenters. The summed E-state index contributed by atoms with van der Waals surface area (Å²) in [5, 5.41) is 18.3. The van der Waals surface area contributed by atoms with Gasteiger partial charge in [-0.1, -0.05) is 45.0 Å². The van der Waals surface area contributed by atoms with E-state index in [0.717, 1.165) is 5.56 Å². The first-order chi connectivity index (χ1) is 21.1. The molecule has 1 aromatic carbocycles. The topological polar surface area (TPSA) is 195 Å². The van der Waals surface area contributed by atoms with Crippen molar-refractivity contribution in [2.75, 3.05) is 6.54 Å². The maximum atomic E-state index is 13.1. The Morgan fingerprint density at radius 2 is 1.41 bits per heavy atom. The first-order valence-corrected chi connectivity index (χ1v) is 16.1. The van der Waals surface area contributed by atoms with Crippen LogP contribution in [0, 0.1) is 0 Å². The van der Waals surface area contributed by atoms with Crippen LogP contribution in [0.5, 0.6) is 0 Å². The number of hydrogen-bond acceptors (Lipinski definition) is 9. The number of ether oxygens (including phenoxy) is 2. The molecule has 0 heterocycles. The highest BCUT2D eigenvalue weighted by Crippen LogP contribution is 2.22. The predicted molar refractivity (Wildman–Crippen MR) is 179 cm³/mol. The van der Waals surface area contributed by atoms with Crippen LogP contribution < -0.4 is 27.4 Å². The van der Waals surface area contributed by atoms with Crippen molar-refractivity contribution < 1.29 is 33.8 Å². The second-order valence-corrected chi connectivity index (χ2v) is 14.9. The molecule has 0 bridgehead atoms. The molecule has 262 valence electrons. The maximum absolute atomic E-state index is 13.1. The van der Waals surface area contributed by atoms with Crippen molar-refractivity contribution in [2.24, 2.45) is 11.5 Å². The molecule has 0 aliphatic rings. The Bertz CT molecular complexity index is 1120. The van der Waals surface area contributed by atoms with Crippen molar-refractivity contribution in [1.29, 1.82) is 0 Å². The predicted octanol–water partition coefficient (Wildman–Crippen LogP) is 3.31. The Hall–Kier alpha value is -3.22. The number of aliphatic hydroxyl groups excluding tert-OH is 1. The molecule has 0 spiro atoms. The Kier molecular flexibility index (Phi) is 16.1. The number of nitrogens with two attached hydrogens (primary N) is 2. The number of benzene rings is 1. The van der Waals surface area contributed by atoms with Crippen LogP contribution in [0.2, 0.25) is 0 Å². The molecule has 4 atom stereocenters. The largest absolute Gasteiger partial charge is 0.460 e. The Labute approximate surface area is 275 Å². The van der Waals surface area contributed by atoms with E-state index in [0.29, 0.717) is 32.2 Å². The molecule has 0 saturated carbocycles. The lowest BCUT2D eigenvalue weighted by Crippen LogP contribution is -2.51. The standard InChI is InChI=1S/C34H59N5O7/c1-32(2,3)23-15-13-22(14-16-23)20-25(35)30(43)38-24(17-18-28(41)45-33(4,5)6)21-27(40)39-26(29(36)42)12-10-11-19-37-31(44)46-34(7,8)9/h13-16,24-26,29,42H,10-12,17-21,35-36H2,1-9H3,(H,37,44)(H,38,43)(H,39,40)/t24-,25-,26+,29?/m0/s1. The number of alkyl carbamates (subject to hydrolysis) is 1. The van der Waals surface area contributed by atoms with Gasteiger partial charge in [-0.3, -0.25) is 14.4 Å². The second-order valence-electron chi connectivity index (χ2n) is 14.9. The van der Waals surface area contributed by atoms with Crippen LogP contribution in [-0.4, -0.2) is 71.1 Å². The van der Waals surface area contributed by atoms with E-state index in [9.17, 15) is 24.3 Å². The van der Waals surface area contributed by atoms with E-state index in [1.54, 1.807) is 41.5 Å². The first-order valence-electron chi connectivity index (χ1n) is 16.1. The fourth-order valence-corrected chi connectivity index (χ4v) is 4.52. The summed E-state index contributed by atoms with van der Waals surface area (Å²) in [7, 11) is 0. The molecule has 12 heteroatoms. The lowest BCUT2D eigenvalue weighted by atomic mass is 9.86. The summed E-state index contributed by atoms with van der Waals surface area (Å²) in [6.07, 6.45) is -0.100. The zero-order chi connectivity index (χ0) is 35.3. The molecule has 0 aliphatic heterocycles. The summed E-state index contributed by atoms with van der Waals surface area (Å²) >= 11 is 0. The first kappa shape index (κ1) is 40.8. The molecule has 0 aliphatic carbocycles. The normalized spacial score (nSPS) is 14.8. The van der Waals surface area contributed by atoms with Gasteiger partial charge in [0.25, 0.3) is 0 Å². The van der Waals surface area contributed by atoms with Crippen molar-refractivity contribution in [3.63, 3.8) is 0 Å². The molecule has 8 N–H and O–H groups in total. The number of unbranched alkanes of at least 4 members (excludes halogenated alkanes) is 1. The maximum Gasteiger partial charge on any atom is 0.407 e. The van der Waals surface area contributed by atoms with Crippen LogP contribution in [0.1, 0.15) is 112 Å². The highest BCUT2D eigenvalue weighted by molar-refractivity contribution is 5.83. The molecular formula is C34H59N5O7. The number of hydrogen-bond donors (Lipinski definition) is 6. The molecule has 1 rings (SSSR count). The minimum absolute atomic E-state index is 0.00210. The average Bonchev–Trinajstić information content (AvgIpc) is 2.88. The van der Waals surface area contributed by atoms with Crippen molar-refractivity contribution in [1.82, 2.24) is 16.0 Å². The van der Waals surface area contributed by atoms with Crippen LogP contribution in [0.3, 0.4) is 0 Å². The second kappa shape index (κ2) is 18.2. The molecule has 0 fully saturated rings. The van der Waals surface area contributed by atoms with Crippen LogP contribution >= 0.6 is 0 Å². The lowest BCUT2D eigenvalue weighted by Gasteiger charge is -2.25. The Balaban J connectivity index is 2.81. The number of carbonyl (C=O) groups excluding carboxylic acids is 4. The van der Waals surface area contributed by atoms with Gasteiger partial charge in [0.1, 0.15) is 17.4 Å². The molecule has 3 amide bonds. The van der Waals surface area contributed by atoms with Gasteiger partial charge in [-0.25, -0.2) is 4.79 Å². The Morgan fingerprint density at radius 3 is 1.93 bits per heavy atom. The van der Waals surface area contributed by atoms with Gasteiger partial charge in [0.05, 0.1) is 12.1 Å². The van der Waals surface area contributed by atoms with Gasteiger partial charge in [0.15, 0.2) is 0 Å². The van der Waals surface area contributed by atoms with E-state index in [1.165, 1.54) is 5.56 Å². The van der Waals surface area contributed by atoms with E-state index in [-0.39, 0.29) is 24.7 Å². The quantitative estimate of drug-likeness (QED) is 0.0885. The highest BCUT2D eigenvalue weighted by atomic mass is 16.6. The number of amides is 3. The van der Waals surface area contributed by atoms with Crippen molar-refractivity contribution >= 4 is 23.9 Å². The SMILES string of the molecule is CC(C)(C)OC(=O)CC[C@@H](CC(=O)N[C@H](CCCCNC(=O)OC(C)(C)C)C(N)O)NC(=O)[C@@H](N)Cc1ccc(C(C)(C)C)cc1. The molecule has 46 heavy (non-hydrogen) atoms. The summed E-state index contributed by atoms with van der Waals surface area (Å²) < 4.78 is 10.6. The lowest BCUT2D eigenvalue weighted by molar-refractivity contribution is -0.155. The van der Waals surface area contributed by atoms with Gasteiger partial charge < -0.3 is 42.0 Å². The van der Waals surface area contributed by atoms with Crippen LogP contribution in [0.4, 0.5) is 4.79 Å². The highest BCUT2D eigenvalue weighted by Gasteiger charge is 2.26. The van der Waals surface area contributed by atoms with Gasteiger partial charge >= 0.3 is 12.1 Å². The van der Waals surface area contributed by atoms with E-state index >= 15 is 0 Å². The third-order valence-corrected chi connectivity index (χ3v) is 6.88. The summed E-state index contributed by atoms with van der Waals surface area (Å²) in [5.74, 6) is -1.36.